The summed E-state index contributed by atoms with van der Waals surface area (Å²) >= 11 is 6.50. The summed E-state index contributed by atoms with van der Waals surface area (Å²) in [6.45, 7) is 7.34. The Labute approximate surface area is 189 Å². The second kappa shape index (κ2) is 9.36. The highest BCUT2D eigenvalue weighted by atomic mass is 35.5. The zero-order valence-electron chi connectivity index (χ0n) is 17.9. The fraction of sp³-hybridized carbons (Fsp3) is 0.167. The van der Waals surface area contributed by atoms with Crippen molar-refractivity contribution in [3.8, 4) is 11.5 Å². The molecule has 0 atom stereocenters. The number of nitrogens with one attached hydrogen (secondary N) is 2. The fourth-order valence-corrected chi connectivity index (χ4v) is 3.45. The molecule has 0 aromatic heterocycles. The number of carbonyl (C=O) groups excluding carboxylic acids is 2. The Morgan fingerprint density at radius 1 is 0.938 bits per heavy atom. The molecule has 0 saturated carbocycles. The lowest BCUT2D eigenvalue weighted by Crippen LogP contribution is -2.35. The van der Waals surface area contributed by atoms with Gasteiger partial charge in [-0.05, 0) is 68.7 Å². The molecule has 0 heterocycles. The van der Waals surface area contributed by atoms with E-state index in [0.717, 1.165) is 29.3 Å². The van der Waals surface area contributed by atoms with E-state index in [0.29, 0.717) is 28.3 Å². The third kappa shape index (κ3) is 4.89. The Balaban J connectivity index is 1.80. The standard InChI is InChI=1S/C24H21ClF2N2O3/c1-12-8-9-19(13(2)10-12)32-22-14(3)11-18(15(4)21(22)25)28-24(31)29-23(30)20-16(26)6-5-7-17(20)27/h5-11H,1-4H3,(H2,28,29,30,31). The van der Waals surface area contributed by atoms with Crippen molar-refractivity contribution in [2.45, 2.75) is 27.7 Å². The van der Waals surface area contributed by atoms with Crippen LogP contribution in [0.3, 0.4) is 0 Å². The maximum Gasteiger partial charge on any atom is 0.326 e. The number of halogens is 3. The van der Waals surface area contributed by atoms with E-state index < -0.39 is 29.1 Å². The van der Waals surface area contributed by atoms with Crippen molar-refractivity contribution >= 4 is 29.2 Å². The maximum atomic E-state index is 13.8. The lowest BCUT2D eigenvalue weighted by Gasteiger charge is -2.18. The predicted molar refractivity (Wildman–Crippen MR) is 120 cm³/mol. The first-order valence-electron chi connectivity index (χ1n) is 9.69. The Morgan fingerprint density at radius 3 is 2.22 bits per heavy atom. The highest BCUT2D eigenvalue weighted by molar-refractivity contribution is 6.33. The summed E-state index contributed by atoms with van der Waals surface area (Å²) < 4.78 is 33.5. The van der Waals surface area contributed by atoms with E-state index in [1.54, 1.807) is 19.9 Å². The minimum atomic E-state index is -1.20. The van der Waals surface area contributed by atoms with E-state index in [1.165, 1.54) is 0 Å². The molecule has 32 heavy (non-hydrogen) atoms. The third-order valence-corrected chi connectivity index (χ3v) is 5.31. The Bertz CT molecular complexity index is 1210. The molecule has 2 N–H and O–H groups in total. The summed E-state index contributed by atoms with van der Waals surface area (Å²) in [6, 6.07) is 9.41. The molecule has 0 radical (unpaired) electrons. The quantitative estimate of drug-likeness (QED) is 0.462. The second-order valence-corrected chi connectivity index (χ2v) is 7.76. The number of urea groups is 1. The van der Waals surface area contributed by atoms with Crippen molar-refractivity contribution in [3.63, 3.8) is 0 Å². The zero-order chi connectivity index (χ0) is 23.6. The second-order valence-electron chi connectivity index (χ2n) is 7.39. The first kappa shape index (κ1) is 23.2. The number of hydrogen-bond donors (Lipinski definition) is 2. The van der Waals surface area contributed by atoms with E-state index in [4.69, 9.17) is 16.3 Å². The van der Waals surface area contributed by atoms with Crippen LogP contribution in [0.25, 0.3) is 0 Å². The molecule has 0 aliphatic rings. The average Bonchev–Trinajstić information content (AvgIpc) is 2.70. The van der Waals surface area contributed by atoms with Crippen molar-refractivity contribution in [2.75, 3.05) is 5.32 Å². The fourth-order valence-electron chi connectivity index (χ4n) is 3.16. The van der Waals surface area contributed by atoms with Crippen LogP contribution in [0.4, 0.5) is 19.3 Å². The number of amides is 3. The number of ether oxygens (including phenoxy) is 1. The maximum absolute atomic E-state index is 13.8. The van der Waals surface area contributed by atoms with Crippen LogP contribution in [0.5, 0.6) is 11.5 Å². The monoisotopic (exact) mass is 458 g/mol. The van der Waals surface area contributed by atoms with Gasteiger partial charge in [-0.25, -0.2) is 13.6 Å². The number of imide groups is 1. The van der Waals surface area contributed by atoms with Crippen molar-refractivity contribution in [2.24, 2.45) is 0 Å². The van der Waals surface area contributed by atoms with Crippen molar-refractivity contribution in [3.05, 3.63) is 86.9 Å². The number of carbonyl (C=O) groups is 2. The lowest BCUT2D eigenvalue weighted by atomic mass is 10.1. The van der Waals surface area contributed by atoms with Crippen molar-refractivity contribution < 1.29 is 23.1 Å². The number of rotatable bonds is 4. The first-order chi connectivity index (χ1) is 15.1. The molecule has 166 valence electrons. The topological polar surface area (TPSA) is 67.4 Å². The Hall–Kier alpha value is -3.45. The zero-order valence-corrected chi connectivity index (χ0v) is 18.7. The molecule has 3 aromatic carbocycles. The number of aryl methyl sites for hydroxylation is 3. The van der Waals surface area contributed by atoms with E-state index in [9.17, 15) is 18.4 Å². The molecule has 0 spiro atoms. The molecule has 8 heteroatoms. The number of benzene rings is 3. The largest absolute Gasteiger partial charge is 0.455 e. The molecule has 0 aliphatic heterocycles. The molecule has 3 amide bonds. The Kier molecular flexibility index (Phi) is 6.79. The smallest absolute Gasteiger partial charge is 0.326 e. The minimum absolute atomic E-state index is 0.284. The van der Waals surface area contributed by atoms with Gasteiger partial charge in [-0.15, -0.1) is 0 Å². The van der Waals surface area contributed by atoms with Crippen LogP contribution >= 0.6 is 11.6 Å². The molecule has 3 aromatic rings. The molecular formula is C24H21ClF2N2O3. The molecule has 0 saturated heterocycles. The Morgan fingerprint density at radius 2 is 1.59 bits per heavy atom. The van der Waals surface area contributed by atoms with E-state index in [2.05, 4.69) is 5.32 Å². The molecule has 0 unspecified atom stereocenters. The molecule has 0 aliphatic carbocycles. The van der Waals surface area contributed by atoms with Gasteiger partial charge in [0.15, 0.2) is 0 Å². The van der Waals surface area contributed by atoms with Crippen LogP contribution in [0.15, 0.2) is 42.5 Å². The van der Waals surface area contributed by atoms with Crippen LogP contribution in [0.1, 0.15) is 32.6 Å². The van der Waals surface area contributed by atoms with Gasteiger partial charge in [-0.1, -0.05) is 35.4 Å². The third-order valence-electron chi connectivity index (χ3n) is 4.86. The summed E-state index contributed by atoms with van der Waals surface area (Å²) in [6.07, 6.45) is 0. The van der Waals surface area contributed by atoms with Gasteiger partial charge in [0.05, 0.1) is 5.02 Å². The van der Waals surface area contributed by atoms with E-state index >= 15 is 0 Å². The van der Waals surface area contributed by atoms with Crippen LogP contribution in [-0.4, -0.2) is 11.9 Å². The number of hydrogen-bond acceptors (Lipinski definition) is 3. The molecule has 3 rings (SSSR count). The summed E-state index contributed by atoms with van der Waals surface area (Å²) in [5.41, 5.74) is 2.66. The molecule has 0 bridgehead atoms. The molecular weight excluding hydrogens is 438 g/mol. The van der Waals surface area contributed by atoms with Gasteiger partial charge in [0.2, 0.25) is 0 Å². The summed E-state index contributed by atoms with van der Waals surface area (Å²) in [5.74, 6) is -2.26. The van der Waals surface area contributed by atoms with Gasteiger partial charge in [-0.2, -0.15) is 0 Å². The first-order valence-corrected chi connectivity index (χ1v) is 10.1. The summed E-state index contributed by atoms with van der Waals surface area (Å²) in [7, 11) is 0. The van der Waals surface area contributed by atoms with Gasteiger partial charge >= 0.3 is 6.03 Å². The van der Waals surface area contributed by atoms with Gasteiger partial charge in [-0.3, -0.25) is 10.1 Å². The molecule has 5 nitrogen and oxygen atoms in total. The summed E-state index contributed by atoms with van der Waals surface area (Å²) in [4.78, 5) is 24.4. The highest BCUT2D eigenvalue weighted by Crippen LogP contribution is 2.39. The van der Waals surface area contributed by atoms with Crippen LogP contribution in [-0.2, 0) is 0 Å². The van der Waals surface area contributed by atoms with Crippen LogP contribution in [0.2, 0.25) is 5.02 Å². The van der Waals surface area contributed by atoms with Gasteiger partial charge in [0, 0.05) is 5.69 Å². The van der Waals surface area contributed by atoms with E-state index in [1.807, 2.05) is 37.4 Å². The molecule has 0 fully saturated rings. The lowest BCUT2D eigenvalue weighted by molar-refractivity contribution is 0.0959. The van der Waals surface area contributed by atoms with Crippen molar-refractivity contribution in [1.82, 2.24) is 5.32 Å². The SMILES string of the molecule is Cc1ccc(Oc2c(C)cc(NC(=O)NC(=O)c3c(F)cccc3F)c(C)c2Cl)c(C)c1. The predicted octanol–water partition coefficient (Wildman–Crippen LogP) is 6.61. The summed E-state index contributed by atoms with van der Waals surface area (Å²) in [5, 5.41) is 4.69. The van der Waals surface area contributed by atoms with Crippen LogP contribution in [0, 0.1) is 39.3 Å². The highest BCUT2D eigenvalue weighted by Gasteiger charge is 2.21. The number of anilines is 1. The van der Waals surface area contributed by atoms with Gasteiger partial charge in [0.25, 0.3) is 5.91 Å². The van der Waals surface area contributed by atoms with E-state index in [-0.39, 0.29) is 5.02 Å². The van der Waals surface area contributed by atoms with Gasteiger partial charge in [0.1, 0.15) is 28.7 Å². The van der Waals surface area contributed by atoms with Crippen molar-refractivity contribution in [1.29, 1.82) is 0 Å². The van der Waals surface area contributed by atoms with Crippen LogP contribution < -0.4 is 15.4 Å². The normalized spacial score (nSPS) is 10.6. The van der Waals surface area contributed by atoms with Gasteiger partial charge < -0.3 is 10.1 Å². The minimum Gasteiger partial charge on any atom is -0.455 e. The average molecular weight is 459 g/mol.